The SMILES string of the molecule is COc1cccc(C(=O)NCCC2NC(=O)NC2=O)c1. The highest BCUT2D eigenvalue weighted by atomic mass is 16.5. The van der Waals surface area contributed by atoms with Crippen LogP contribution in [0.1, 0.15) is 16.8 Å². The molecule has 1 aliphatic rings. The molecular formula is C13H15N3O4. The molecule has 4 amide bonds. The van der Waals surface area contributed by atoms with E-state index in [1.807, 2.05) is 0 Å². The Kier molecular flexibility index (Phi) is 4.19. The molecule has 0 bridgehead atoms. The summed E-state index contributed by atoms with van der Waals surface area (Å²) in [6.07, 6.45) is 0.341. The molecule has 0 aliphatic carbocycles. The molecule has 1 unspecified atom stereocenters. The van der Waals surface area contributed by atoms with Gasteiger partial charge in [0.15, 0.2) is 0 Å². The summed E-state index contributed by atoms with van der Waals surface area (Å²) in [5.41, 5.74) is 0.476. The van der Waals surface area contributed by atoms with E-state index in [1.54, 1.807) is 24.3 Å². The first-order valence-corrected chi connectivity index (χ1v) is 6.14. The van der Waals surface area contributed by atoms with E-state index in [0.29, 0.717) is 17.7 Å². The maximum absolute atomic E-state index is 11.9. The number of hydrogen-bond donors (Lipinski definition) is 3. The van der Waals surface area contributed by atoms with E-state index in [-0.39, 0.29) is 18.4 Å². The molecule has 1 atom stereocenters. The van der Waals surface area contributed by atoms with Crippen LogP contribution < -0.4 is 20.7 Å². The normalized spacial score (nSPS) is 17.4. The van der Waals surface area contributed by atoms with Gasteiger partial charge in [0.2, 0.25) is 0 Å². The average molecular weight is 277 g/mol. The predicted octanol–water partition coefficient (Wildman–Crippen LogP) is 0.0231. The number of urea groups is 1. The van der Waals surface area contributed by atoms with Crippen molar-refractivity contribution < 1.29 is 19.1 Å². The van der Waals surface area contributed by atoms with Crippen molar-refractivity contribution >= 4 is 17.8 Å². The third-order valence-corrected chi connectivity index (χ3v) is 2.91. The first-order chi connectivity index (χ1) is 9.60. The number of carbonyl (C=O) groups is 3. The summed E-state index contributed by atoms with van der Waals surface area (Å²) in [5, 5.41) is 7.28. The maximum atomic E-state index is 11.9. The molecule has 1 aromatic rings. The molecule has 7 nitrogen and oxygen atoms in total. The number of benzene rings is 1. The largest absolute Gasteiger partial charge is 0.497 e. The molecule has 20 heavy (non-hydrogen) atoms. The van der Waals surface area contributed by atoms with E-state index in [2.05, 4.69) is 16.0 Å². The van der Waals surface area contributed by atoms with Crippen molar-refractivity contribution in [1.82, 2.24) is 16.0 Å². The Hall–Kier alpha value is -2.57. The summed E-state index contributed by atoms with van der Waals surface area (Å²) >= 11 is 0. The Balaban J connectivity index is 1.83. The number of carbonyl (C=O) groups excluding carboxylic acids is 3. The van der Waals surface area contributed by atoms with Crippen molar-refractivity contribution in [2.45, 2.75) is 12.5 Å². The van der Waals surface area contributed by atoms with Crippen LogP contribution in [0.4, 0.5) is 4.79 Å². The van der Waals surface area contributed by atoms with Crippen LogP contribution in [-0.2, 0) is 4.79 Å². The van der Waals surface area contributed by atoms with Gasteiger partial charge in [-0.1, -0.05) is 6.07 Å². The number of ether oxygens (including phenoxy) is 1. The van der Waals surface area contributed by atoms with E-state index < -0.39 is 12.1 Å². The van der Waals surface area contributed by atoms with Crippen LogP contribution in [0.15, 0.2) is 24.3 Å². The zero-order chi connectivity index (χ0) is 14.5. The fraction of sp³-hybridized carbons (Fsp3) is 0.308. The van der Waals surface area contributed by atoms with Gasteiger partial charge in [0.05, 0.1) is 7.11 Å². The van der Waals surface area contributed by atoms with Crippen LogP contribution in [0.5, 0.6) is 5.75 Å². The van der Waals surface area contributed by atoms with Crippen molar-refractivity contribution in [3.8, 4) is 5.75 Å². The van der Waals surface area contributed by atoms with Gasteiger partial charge in [0, 0.05) is 12.1 Å². The van der Waals surface area contributed by atoms with E-state index >= 15 is 0 Å². The molecule has 3 N–H and O–H groups in total. The molecule has 0 aromatic heterocycles. The molecule has 1 aromatic carbocycles. The molecule has 106 valence electrons. The minimum absolute atomic E-state index is 0.256. The summed E-state index contributed by atoms with van der Waals surface area (Å²) in [4.78, 5) is 34.1. The molecule has 0 spiro atoms. The second-order valence-corrected chi connectivity index (χ2v) is 4.29. The van der Waals surface area contributed by atoms with E-state index in [0.717, 1.165) is 0 Å². The van der Waals surface area contributed by atoms with Crippen molar-refractivity contribution in [1.29, 1.82) is 0 Å². The molecule has 0 radical (unpaired) electrons. The molecular weight excluding hydrogens is 262 g/mol. The predicted molar refractivity (Wildman–Crippen MR) is 70.4 cm³/mol. The van der Waals surface area contributed by atoms with Gasteiger partial charge in [-0.15, -0.1) is 0 Å². The molecule has 2 rings (SSSR count). The quantitative estimate of drug-likeness (QED) is 0.661. The van der Waals surface area contributed by atoms with E-state index in [4.69, 9.17) is 4.74 Å². The van der Waals surface area contributed by atoms with Crippen LogP contribution in [-0.4, -0.2) is 37.5 Å². The number of amides is 4. The van der Waals surface area contributed by atoms with Crippen LogP contribution in [0.3, 0.4) is 0 Å². The fourth-order valence-corrected chi connectivity index (χ4v) is 1.86. The Morgan fingerprint density at radius 2 is 2.20 bits per heavy atom. The minimum atomic E-state index is -0.590. The third kappa shape index (κ3) is 3.25. The van der Waals surface area contributed by atoms with Gasteiger partial charge >= 0.3 is 6.03 Å². The summed E-state index contributed by atoms with van der Waals surface area (Å²) in [6, 6.07) is 5.67. The van der Waals surface area contributed by atoms with Crippen LogP contribution in [0.2, 0.25) is 0 Å². The second kappa shape index (κ2) is 6.05. The van der Waals surface area contributed by atoms with E-state index in [1.165, 1.54) is 7.11 Å². The molecule has 1 heterocycles. The van der Waals surface area contributed by atoms with Gasteiger partial charge < -0.3 is 15.4 Å². The average Bonchev–Trinajstić information content (AvgIpc) is 2.77. The summed E-state index contributed by atoms with van der Waals surface area (Å²) < 4.78 is 5.04. The number of nitrogens with one attached hydrogen (secondary N) is 3. The Morgan fingerprint density at radius 1 is 1.40 bits per heavy atom. The molecule has 7 heteroatoms. The van der Waals surface area contributed by atoms with Gasteiger partial charge in [-0.05, 0) is 24.6 Å². The van der Waals surface area contributed by atoms with Crippen molar-refractivity contribution in [3.63, 3.8) is 0 Å². The smallest absolute Gasteiger partial charge is 0.322 e. The van der Waals surface area contributed by atoms with Gasteiger partial charge in [-0.25, -0.2) is 4.79 Å². The lowest BCUT2D eigenvalue weighted by Gasteiger charge is -2.09. The number of imide groups is 1. The number of rotatable bonds is 5. The van der Waals surface area contributed by atoms with Crippen LogP contribution in [0.25, 0.3) is 0 Å². The Morgan fingerprint density at radius 3 is 2.85 bits per heavy atom. The van der Waals surface area contributed by atoms with Gasteiger partial charge in [-0.3, -0.25) is 14.9 Å². The number of hydrogen-bond acceptors (Lipinski definition) is 4. The Labute approximate surface area is 115 Å². The maximum Gasteiger partial charge on any atom is 0.322 e. The van der Waals surface area contributed by atoms with Crippen molar-refractivity contribution in [2.24, 2.45) is 0 Å². The highest BCUT2D eigenvalue weighted by Crippen LogP contribution is 2.12. The highest BCUT2D eigenvalue weighted by molar-refractivity contribution is 6.04. The molecule has 1 fully saturated rings. The zero-order valence-electron chi connectivity index (χ0n) is 10.9. The lowest BCUT2D eigenvalue weighted by Crippen LogP contribution is -2.34. The molecule has 1 saturated heterocycles. The Bertz CT molecular complexity index is 544. The van der Waals surface area contributed by atoms with Crippen LogP contribution >= 0.6 is 0 Å². The summed E-state index contributed by atoms with van der Waals surface area (Å²) in [5.74, 6) is -0.0284. The number of methoxy groups -OCH3 is 1. The van der Waals surface area contributed by atoms with E-state index in [9.17, 15) is 14.4 Å². The van der Waals surface area contributed by atoms with Gasteiger partial charge in [-0.2, -0.15) is 0 Å². The summed E-state index contributed by atoms with van der Waals surface area (Å²) in [6.45, 7) is 0.286. The topological polar surface area (TPSA) is 96.5 Å². The van der Waals surface area contributed by atoms with Crippen LogP contribution in [0, 0.1) is 0 Å². The monoisotopic (exact) mass is 277 g/mol. The highest BCUT2D eigenvalue weighted by Gasteiger charge is 2.28. The van der Waals surface area contributed by atoms with Crippen molar-refractivity contribution in [2.75, 3.05) is 13.7 Å². The first kappa shape index (κ1) is 13.9. The van der Waals surface area contributed by atoms with Crippen molar-refractivity contribution in [3.05, 3.63) is 29.8 Å². The van der Waals surface area contributed by atoms with Gasteiger partial charge in [0.1, 0.15) is 11.8 Å². The van der Waals surface area contributed by atoms with Gasteiger partial charge in [0.25, 0.3) is 11.8 Å². The lowest BCUT2D eigenvalue weighted by atomic mass is 10.2. The zero-order valence-corrected chi connectivity index (χ0v) is 10.9. The fourth-order valence-electron chi connectivity index (χ4n) is 1.86. The summed E-state index contributed by atoms with van der Waals surface area (Å²) in [7, 11) is 1.53. The minimum Gasteiger partial charge on any atom is -0.497 e. The lowest BCUT2D eigenvalue weighted by molar-refractivity contribution is -0.120. The second-order valence-electron chi connectivity index (χ2n) is 4.29. The third-order valence-electron chi connectivity index (χ3n) is 2.91. The standard InChI is InChI=1S/C13H15N3O4/c1-20-9-4-2-3-8(7-9)11(17)14-6-5-10-12(18)16-13(19)15-10/h2-4,7,10H,5-6H2,1H3,(H,14,17)(H2,15,16,18,19). The first-order valence-electron chi connectivity index (χ1n) is 6.14. The molecule has 0 saturated carbocycles. The molecule has 1 aliphatic heterocycles.